The highest BCUT2D eigenvalue weighted by Gasteiger charge is 2.24. The third-order valence-electron chi connectivity index (χ3n) is 4.91. The molecule has 1 aliphatic rings. The zero-order chi connectivity index (χ0) is 20.8. The highest BCUT2D eigenvalue weighted by Crippen LogP contribution is 2.31. The lowest BCUT2D eigenvalue weighted by molar-refractivity contribution is -0.116. The van der Waals surface area contributed by atoms with Crippen LogP contribution in [0.15, 0.2) is 53.5 Å². The molecule has 0 saturated carbocycles. The zero-order valence-electron chi connectivity index (χ0n) is 17.0. The van der Waals surface area contributed by atoms with Crippen LogP contribution in [0.25, 0.3) is 0 Å². The van der Waals surface area contributed by atoms with Gasteiger partial charge in [0.2, 0.25) is 5.91 Å². The number of hydrogen-bond acceptors (Lipinski definition) is 3. The van der Waals surface area contributed by atoms with Crippen LogP contribution in [0.3, 0.4) is 0 Å². The van der Waals surface area contributed by atoms with Gasteiger partial charge in [0, 0.05) is 57.8 Å². The van der Waals surface area contributed by atoms with Crippen LogP contribution in [-0.2, 0) is 11.3 Å². The molecule has 0 spiro atoms. The topological polar surface area (TPSA) is 85.8 Å². The molecule has 1 heterocycles. The van der Waals surface area contributed by atoms with E-state index in [4.69, 9.17) is 0 Å². The van der Waals surface area contributed by atoms with Crippen LogP contribution < -0.4 is 16.0 Å². The van der Waals surface area contributed by atoms with Crippen LogP contribution in [0.1, 0.15) is 33.8 Å². The van der Waals surface area contributed by atoms with E-state index >= 15 is 0 Å². The Labute approximate surface area is 171 Å². The number of amides is 2. The summed E-state index contributed by atoms with van der Waals surface area (Å²) in [6.07, 6.45) is 0.447. The van der Waals surface area contributed by atoms with Crippen molar-refractivity contribution >= 4 is 23.5 Å². The van der Waals surface area contributed by atoms with Gasteiger partial charge in [0.25, 0.3) is 5.91 Å². The number of anilines is 1. The van der Waals surface area contributed by atoms with E-state index in [1.807, 2.05) is 48.5 Å². The number of guanidine groups is 1. The van der Waals surface area contributed by atoms with Crippen LogP contribution >= 0.6 is 0 Å². The van der Waals surface area contributed by atoms with Gasteiger partial charge in [0.15, 0.2) is 5.96 Å². The number of nitrogens with one attached hydrogen (secondary N) is 3. The Morgan fingerprint density at radius 3 is 2.55 bits per heavy atom. The first-order valence-electron chi connectivity index (χ1n) is 9.62. The van der Waals surface area contributed by atoms with E-state index in [1.54, 1.807) is 26.0 Å². The maximum absolute atomic E-state index is 12.0. The molecular formula is C22H27N5O2. The molecule has 29 heavy (non-hydrogen) atoms. The van der Waals surface area contributed by atoms with E-state index in [2.05, 4.69) is 20.9 Å². The van der Waals surface area contributed by atoms with Crippen molar-refractivity contribution in [2.24, 2.45) is 4.99 Å². The molecule has 0 fully saturated rings. The van der Waals surface area contributed by atoms with Crippen molar-refractivity contribution < 1.29 is 9.59 Å². The van der Waals surface area contributed by atoms with Gasteiger partial charge >= 0.3 is 0 Å². The summed E-state index contributed by atoms with van der Waals surface area (Å²) in [6, 6.07) is 15.4. The van der Waals surface area contributed by atoms with Crippen LogP contribution in [-0.4, -0.2) is 50.4 Å². The average molecular weight is 393 g/mol. The third-order valence-corrected chi connectivity index (χ3v) is 4.91. The summed E-state index contributed by atoms with van der Waals surface area (Å²) >= 11 is 0. The minimum absolute atomic E-state index is 0.0150. The standard InChI is InChI=1S/C22H27N5O2/c1-23-22(24-13-15-8-10-16(11-9-15)21(29)27(2)3)25-14-17-12-20(28)26-19-7-5-4-6-18(17)19/h4-11,17H,12-14H2,1-3H3,(H,26,28)(H2,23,24,25). The second-order valence-electron chi connectivity index (χ2n) is 7.24. The first kappa shape index (κ1) is 20.4. The Balaban J connectivity index is 1.55. The molecule has 1 unspecified atom stereocenters. The Hall–Kier alpha value is -3.35. The van der Waals surface area contributed by atoms with Gasteiger partial charge in [-0.3, -0.25) is 14.6 Å². The zero-order valence-corrected chi connectivity index (χ0v) is 17.0. The quantitative estimate of drug-likeness (QED) is 0.537. The van der Waals surface area contributed by atoms with Crippen molar-refractivity contribution in [1.82, 2.24) is 15.5 Å². The van der Waals surface area contributed by atoms with Gasteiger partial charge in [-0.05, 0) is 29.3 Å². The van der Waals surface area contributed by atoms with Gasteiger partial charge in [0.05, 0.1) is 0 Å². The fourth-order valence-electron chi connectivity index (χ4n) is 3.33. The number of benzene rings is 2. The predicted octanol–water partition coefficient (Wildman–Crippen LogP) is 2.18. The highest BCUT2D eigenvalue weighted by molar-refractivity contribution is 5.95. The Morgan fingerprint density at radius 2 is 1.86 bits per heavy atom. The fourth-order valence-corrected chi connectivity index (χ4v) is 3.33. The molecule has 0 saturated heterocycles. The Morgan fingerprint density at radius 1 is 1.14 bits per heavy atom. The summed E-state index contributed by atoms with van der Waals surface area (Å²) in [6.45, 7) is 1.19. The van der Waals surface area contributed by atoms with Crippen molar-refractivity contribution in [2.45, 2.75) is 18.9 Å². The number of rotatable bonds is 5. The van der Waals surface area contributed by atoms with Gasteiger partial charge in [0.1, 0.15) is 0 Å². The Bertz CT molecular complexity index is 906. The summed E-state index contributed by atoms with van der Waals surface area (Å²) in [4.78, 5) is 29.8. The molecule has 2 amide bonds. The maximum Gasteiger partial charge on any atom is 0.253 e. The molecule has 1 atom stereocenters. The molecule has 3 N–H and O–H groups in total. The van der Waals surface area contributed by atoms with Crippen LogP contribution in [0.5, 0.6) is 0 Å². The second-order valence-corrected chi connectivity index (χ2v) is 7.24. The van der Waals surface area contributed by atoms with E-state index in [0.717, 1.165) is 16.8 Å². The lowest BCUT2D eigenvalue weighted by Gasteiger charge is -2.26. The number of carbonyl (C=O) groups excluding carboxylic acids is 2. The van der Waals surface area contributed by atoms with Crippen molar-refractivity contribution in [1.29, 1.82) is 0 Å². The van der Waals surface area contributed by atoms with Crippen LogP contribution in [0.4, 0.5) is 5.69 Å². The smallest absolute Gasteiger partial charge is 0.253 e. The average Bonchev–Trinajstić information content (AvgIpc) is 2.73. The molecular weight excluding hydrogens is 366 g/mol. The molecule has 2 aromatic rings. The molecule has 0 aliphatic carbocycles. The predicted molar refractivity (Wildman–Crippen MR) is 115 cm³/mol. The molecule has 0 radical (unpaired) electrons. The SMILES string of the molecule is CN=C(NCc1ccc(C(=O)N(C)C)cc1)NCC1CC(=O)Nc2ccccc21. The van der Waals surface area contributed by atoms with Gasteiger partial charge in [-0.25, -0.2) is 0 Å². The summed E-state index contributed by atoms with van der Waals surface area (Å²) in [5, 5.41) is 9.51. The first-order valence-corrected chi connectivity index (χ1v) is 9.62. The van der Waals surface area contributed by atoms with E-state index < -0.39 is 0 Å². The van der Waals surface area contributed by atoms with Gasteiger partial charge < -0.3 is 20.9 Å². The lowest BCUT2D eigenvalue weighted by Crippen LogP contribution is -2.40. The molecule has 152 valence electrons. The number of hydrogen-bond donors (Lipinski definition) is 3. The van der Waals surface area contributed by atoms with Crippen molar-refractivity contribution in [3.8, 4) is 0 Å². The molecule has 2 aromatic carbocycles. The van der Waals surface area contributed by atoms with Crippen LogP contribution in [0.2, 0.25) is 0 Å². The van der Waals surface area contributed by atoms with E-state index in [9.17, 15) is 9.59 Å². The van der Waals surface area contributed by atoms with E-state index in [1.165, 1.54) is 0 Å². The number of nitrogens with zero attached hydrogens (tertiary/aromatic N) is 2. The summed E-state index contributed by atoms with van der Waals surface area (Å²) in [7, 11) is 5.19. The van der Waals surface area contributed by atoms with Crippen molar-refractivity contribution in [3.63, 3.8) is 0 Å². The third kappa shape index (κ3) is 5.13. The molecule has 7 heteroatoms. The van der Waals surface area contributed by atoms with Crippen molar-refractivity contribution in [2.75, 3.05) is 33.0 Å². The monoisotopic (exact) mass is 393 g/mol. The lowest BCUT2D eigenvalue weighted by atomic mass is 9.90. The normalized spacial score (nSPS) is 15.9. The first-order chi connectivity index (χ1) is 14.0. The summed E-state index contributed by atoms with van der Waals surface area (Å²) in [5.41, 5.74) is 3.73. The number of fused-ring (bicyclic) bond motifs is 1. The maximum atomic E-state index is 12.0. The van der Waals surface area contributed by atoms with Crippen LogP contribution in [0, 0.1) is 0 Å². The minimum Gasteiger partial charge on any atom is -0.356 e. The molecule has 1 aliphatic heterocycles. The Kier molecular flexibility index (Phi) is 6.49. The molecule has 7 nitrogen and oxygen atoms in total. The minimum atomic E-state index is -0.0150. The number of aliphatic imine (C=N–C) groups is 1. The highest BCUT2D eigenvalue weighted by atomic mass is 16.2. The van der Waals surface area contributed by atoms with Crippen molar-refractivity contribution in [3.05, 3.63) is 65.2 Å². The van der Waals surface area contributed by atoms with Gasteiger partial charge in [-0.2, -0.15) is 0 Å². The summed E-state index contributed by atoms with van der Waals surface area (Å²) in [5.74, 6) is 0.779. The largest absolute Gasteiger partial charge is 0.356 e. The summed E-state index contributed by atoms with van der Waals surface area (Å²) < 4.78 is 0. The van der Waals surface area contributed by atoms with Gasteiger partial charge in [-0.1, -0.05) is 30.3 Å². The number of para-hydroxylation sites is 1. The van der Waals surface area contributed by atoms with E-state index in [-0.39, 0.29) is 17.7 Å². The van der Waals surface area contributed by atoms with E-state index in [0.29, 0.717) is 31.0 Å². The molecule has 3 rings (SSSR count). The molecule has 0 aromatic heterocycles. The number of carbonyl (C=O) groups is 2. The fraction of sp³-hybridized carbons (Fsp3) is 0.318. The second kappa shape index (κ2) is 9.23. The van der Waals surface area contributed by atoms with Gasteiger partial charge in [-0.15, -0.1) is 0 Å². The molecule has 0 bridgehead atoms.